The minimum Gasteiger partial charge on any atom is -0.310 e. The first kappa shape index (κ1) is 25.3. The van der Waals surface area contributed by atoms with Gasteiger partial charge in [-0.1, -0.05) is 109 Å². The first-order chi connectivity index (χ1) is 21.3. The van der Waals surface area contributed by atoms with Gasteiger partial charge in [0.05, 0.1) is 10.4 Å². The normalized spacial score (nSPS) is 11.3. The van der Waals surface area contributed by atoms with Crippen LogP contribution in [0.3, 0.4) is 0 Å². The van der Waals surface area contributed by atoms with Gasteiger partial charge in [0.2, 0.25) is 0 Å². The molecule has 0 atom stereocenters. The van der Waals surface area contributed by atoms with Gasteiger partial charge in [-0.15, -0.1) is 11.3 Å². The molecule has 0 radical (unpaired) electrons. The average molecular weight is 569 g/mol. The number of para-hydroxylation sites is 4. The molecule has 0 unspecified atom stereocenters. The highest BCUT2D eigenvalue weighted by atomic mass is 32.1. The third-order valence-electron chi connectivity index (χ3n) is 7.98. The van der Waals surface area contributed by atoms with Crippen molar-refractivity contribution in [2.75, 3.05) is 9.80 Å². The maximum absolute atomic E-state index is 2.40. The number of hydrogen-bond acceptors (Lipinski definition) is 3. The van der Waals surface area contributed by atoms with E-state index in [0.717, 1.165) is 34.1 Å². The number of hydrogen-bond donors (Lipinski definition) is 0. The molecule has 0 amide bonds. The molecular formula is C40H28N2S. The van der Waals surface area contributed by atoms with Crippen molar-refractivity contribution in [2.24, 2.45) is 0 Å². The molecule has 0 bridgehead atoms. The molecule has 204 valence electrons. The van der Waals surface area contributed by atoms with Gasteiger partial charge in [0.1, 0.15) is 0 Å². The molecule has 7 aromatic carbocycles. The molecule has 0 aliphatic carbocycles. The molecule has 0 spiro atoms. The van der Waals surface area contributed by atoms with E-state index in [1.807, 2.05) is 11.3 Å². The number of rotatable bonds is 6. The van der Waals surface area contributed by atoms with Crippen LogP contribution in [0.15, 0.2) is 170 Å². The maximum Gasteiger partial charge on any atom is 0.0661 e. The molecule has 8 rings (SSSR count). The summed E-state index contributed by atoms with van der Waals surface area (Å²) in [5, 5.41) is 5.10. The van der Waals surface area contributed by atoms with Crippen LogP contribution in [0.1, 0.15) is 0 Å². The summed E-state index contributed by atoms with van der Waals surface area (Å²) in [7, 11) is 0. The van der Waals surface area contributed by atoms with Crippen molar-refractivity contribution in [3.8, 4) is 0 Å². The quantitative estimate of drug-likeness (QED) is 0.197. The molecule has 2 nitrogen and oxygen atoms in total. The van der Waals surface area contributed by atoms with Crippen molar-refractivity contribution in [3.63, 3.8) is 0 Å². The van der Waals surface area contributed by atoms with E-state index in [0.29, 0.717) is 0 Å². The Morgan fingerprint density at radius 3 is 1.37 bits per heavy atom. The molecule has 8 aromatic rings. The Morgan fingerprint density at radius 1 is 0.326 bits per heavy atom. The van der Waals surface area contributed by atoms with E-state index in [1.165, 1.54) is 30.9 Å². The van der Waals surface area contributed by atoms with Gasteiger partial charge in [-0.2, -0.15) is 0 Å². The Kier molecular flexibility index (Phi) is 6.36. The number of anilines is 6. The largest absolute Gasteiger partial charge is 0.310 e. The highest BCUT2D eigenvalue weighted by molar-refractivity contribution is 7.27. The molecule has 3 heteroatoms. The number of fused-ring (bicyclic) bond motifs is 5. The Bertz CT molecular complexity index is 2090. The van der Waals surface area contributed by atoms with Gasteiger partial charge in [-0.25, -0.2) is 0 Å². The lowest BCUT2D eigenvalue weighted by atomic mass is 10.0. The third-order valence-corrected chi connectivity index (χ3v) is 9.26. The first-order valence-electron chi connectivity index (χ1n) is 14.5. The lowest BCUT2D eigenvalue weighted by Gasteiger charge is -2.30. The fourth-order valence-corrected chi connectivity index (χ4v) is 7.37. The van der Waals surface area contributed by atoms with Gasteiger partial charge >= 0.3 is 0 Å². The van der Waals surface area contributed by atoms with Crippen LogP contribution in [-0.2, 0) is 0 Å². The van der Waals surface area contributed by atoms with Gasteiger partial charge < -0.3 is 9.80 Å². The minimum atomic E-state index is 1.12. The molecule has 43 heavy (non-hydrogen) atoms. The lowest BCUT2D eigenvalue weighted by Crippen LogP contribution is -2.13. The molecule has 0 saturated heterocycles. The summed E-state index contributed by atoms with van der Waals surface area (Å²) >= 11 is 1.89. The van der Waals surface area contributed by atoms with Crippen LogP contribution in [0.5, 0.6) is 0 Å². The summed E-state index contributed by atoms with van der Waals surface area (Å²) < 4.78 is 2.59. The monoisotopic (exact) mass is 568 g/mol. The second-order valence-corrected chi connectivity index (χ2v) is 11.6. The van der Waals surface area contributed by atoms with Crippen LogP contribution in [0, 0.1) is 0 Å². The molecule has 0 aliphatic rings. The summed E-state index contributed by atoms with van der Waals surface area (Å²) in [4.78, 5) is 4.76. The van der Waals surface area contributed by atoms with Gasteiger partial charge in [0.15, 0.2) is 0 Å². The highest BCUT2D eigenvalue weighted by Gasteiger charge is 2.22. The smallest absolute Gasteiger partial charge is 0.0661 e. The molecule has 1 aromatic heterocycles. The van der Waals surface area contributed by atoms with Gasteiger partial charge in [0, 0.05) is 43.9 Å². The summed E-state index contributed by atoms with van der Waals surface area (Å²) in [6.07, 6.45) is 0. The van der Waals surface area contributed by atoms with E-state index in [-0.39, 0.29) is 0 Å². The fraction of sp³-hybridized carbons (Fsp3) is 0. The van der Waals surface area contributed by atoms with Crippen LogP contribution < -0.4 is 9.80 Å². The predicted molar refractivity (Wildman–Crippen MR) is 186 cm³/mol. The van der Waals surface area contributed by atoms with Crippen LogP contribution in [0.2, 0.25) is 0 Å². The van der Waals surface area contributed by atoms with Crippen molar-refractivity contribution >= 4 is 76.4 Å². The van der Waals surface area contributed by atoms with E-state index in [4.69, 9.17) is 0 Å². The summed E-state index contributed by atoms with van der Waals surface area (Å²) in [6, 6.07) is 60.7. The molecule has 0 aliphatic heterocycles. The number of thiophene rings is 1. The zero-order valence-corrected chi connectivity index (χ0v) is 24.3. The topological polar surface area (TPSA) is 6.48 Å². The van der Waals surface area contributed by atoms with Gasteiger partial charge in [-0.3, -0.25) is 0 Å². The van der Waals surface area contributed by atoms with Gasteiger partial charge in [0.25, 0.3) is 0 Å². The highest BCUT2D eigenvalue weighted by Crippen LogP contribution is 2.49. The molecular weight excluding hydrogens is 541 g/mol. The molecule has 0 fully saturated rings. The van der Waals surface area contributed by atoms with Crippen molar-refractivity contribution in [1.29, 1.82) is 0 Å². The molecule has 1 heterocycles. The lowest BCUT2D eigenvalue weighted by molar-refractivity contribution is 1.26. The third kappa shape index (κ3) is 4.51. The Hall–Kier alpha value is -5.38. The summed E-state index contributed by atoms with van der Waals surface area (Å²) in [6.45, 7) is 0. The van der Waals surface area contributed by atoms with Crippen molar-refractivity contribution in [2.45, 2.75) is 0 Å². The summed E-state index contributed by atoms with van der Waals surface area (Å²) in [5.41, 5.74) is 6.77. The van der Waals surface area contributed by atoms with E-state index in [9.17, 15) is 0 Å². The molecule has 0 N–H and O–H groups in total. The maximum atomic E-state index is 2.40. The number of benzene rings is 7. The van der Waals surface area contributed by atoms with Crippen LogP contribution in [0.4, 0.5) is 34.1 Å². The van der Waals surface area contributed by atoms with Gasteiger partial charge in [-0.05, 0) is 71.4 Å². The zero-order chi connectivity index (χ0) is 28.6. The number of nitrogens with zero attached hydrogens (tertiary/aromatic N) is 2. The van der Waals surface area contributed by atoms with Crippen LogP contribution >= 0.6 is 11.3 Å². The standard InChI is InChI=1S/C40H28N2S/c1-5-16-30(17-6-1)41(31-18-7-2-8-19-31)34-27-37-36-26-25-29-15-13-14-24-35(29)39(36)43-40(37)38(28-34)42(32-20-9-3-10-21-32)33-22-11-4-12-23-33/h1-28H. The van der Waals surface area contributed by atoms with Crippen molar-refractivity contribution in [1.82, 2.24) is 0 Å². The van der Waals surface area contributed by atoms with Crippen molar-refractivity contribution in [3.05, 3.63) is 170 Å². The van der Waals surface area contributed by atoms with Crippen LogP contribution in [-0.4, -0.2) is 0 Å². The average Bonchev–Trinajstić information content (AvgIpc) is 3.46. The second kappa shape index (κ2) is 10.8. The van der Waals surface area contributed by atoms with Crippen molar-refractivity contribution < 1.29 is 0 Å². The van der Waals surface area contributed by atoms with Crippen LogP contribution in [0.25, 0.3) is 30.9 Å². The second-order valence-electron chi connectivity index (χ2n) is 10.6. The Morgan fingerprint density at radius 2 is 0.814 bits per heavy atom. The van der Waals surface area contributed by atoms with E-state index >= 15 is 0 Å². The fourth-order valence-electron chi connectivity index (χ4n) is 6.05. The van der Waals surface area contributed by atoms with E-state index < -0.39 is 0 Å². The Labute approximate surface area is 255 Å². The minimum absolute atomic E-state index is 1.12. The molecule has 0 saturated carbocycles. The zero-order valence-electron chi connectivity index (χ0n) is 23.5. The van der Waals surface area contributed by atoms with E-state index in [2.05, 4.69) is 180 Å². The van der Waals surface area contributed by atoms with E-state index in [1.54, 1.807) is 0 Å². The SMILES string of the molecule is c1ccc(N(c2ccccc2)c2cc(N(c3ccccc3)c3ccccc3)c3sc4c5ccccc5ccc4c3c2)cc1. The Balaban J connectivity index is 1.49. The first-order valence-corrected chi connectivity index (χ1v) is 15.4. The predicted octanol–water partition coefficient (Wildman–Crippen LogP) is 12.1. The summed E-state index contributed by atoms with van der Waals surface area (Å²) in [5.74, 6) is 0.